The second-order valence-corrected chi connectivity index (χ2v) is 17.8. The van der Waals surface area contributed by atoms with Gasteiger partial charge in [-0.1, -0.05) is 198 Å². The first-order valence-corrected chi connectivity index (χ1v) is 25.1. The van der Waals surface area contributed by atoms with Gasteiger partial charge in [0.25, 0.3) is 0 Å². The van der Waals surface area contributed by atoms with Crippen LogP contribution in [-0.4, -0.2) is 48.9 Å². The molecule has 0 bridgehead atoms. The largest absolute Gasteiger partial charge is 0.462 e. The van der Waals surface area contributed by atoms with Crippen molar-refractivity contribution in [1.29, 1.82) is 0 Å². The first kappa shape index (κ1) is 52.1. The van der Waals surface area contributed by atoms with Crippen molar-refractivity contribution in [2.45, 2.75) is 199 Å². The molecule has 0 spiro atoms. The van der Waals surface area contributed by atoms with Gasteiger partial charge in [0.05, 0.1) is 6.61 Å². The lowest BCUT2D eigenvalue weighted by atomic mass is 10.0. The van der Waals surface area contributed by atoms with Crippen LogP contribution in [0.1, 0.15) is 187 Å². The average molecular weight is 815 g/mol. The molecule has 2 atom stereocenters. The predicted octanol–water partition coefficient (Wildman–Crippen LogP) is 15.1. The molecule has 0 saturated carbocycles. The Balaban J connectivity index is 2.25. The van der Waals surface area contributed by atoms with Gasteiger partial charge in [-0.2, -0.15) is 0 Å². The summed E-state index contributed by atoms with van der Waals surface area (Å²) in [6, 6.07) is 0. The molecular formula is C49H82O5S2. The van der Waals surface area contributed by atoms with Crippen molar-refractivity contribution in [3.63, 3.8) is 0 Å². The van der Waals surface area contributed by atoms with Crippen molar-refractivity contribution >= 4 is 33.5 Å². The molecule has 0 N–H and O–H groups in total. The van der Waals surface area contributed by atoms with Crippen LogP contribution in [0.25, 0.3) is 0 Å². The molecule has 1 saturated heterocycles. The fraction of sp³-hybridized carbons (Fsp3) is 0.714. The molecule has 1 rings (SSSR count). The molecule has 0 unspecified atom stereocenters. The van der Waals surface area contributed by atoms with Crippen LogP contribution in [0.4, 0.5) is 0 Å². The molecule has 1 aliphatic rings. The lowest BCUT2D eigenvalue weighted by Crippen LogP contribution is -2.30. The van der Waals surface area contributed by atoms with Crippen LogP contribution in [0.2, 0.25) is 0 Å². The van der Waals surface area contributed by atoms with Crippen molar-refractivity contribution in [2.24, 2.45) is 0 Å². The summed E-state index contributed by atoms with van der Waals surface area (Å²) in [7, 11) is 3.94. The Labute approximate surface area is 352 Å². The van der Waals surface area contributed by atoms with E-state index in [4.69, 9.17) is 14.2 Å². The molecule has 1 heterocycles. The van der Waals surface area contributed by atoms with Gasteiger partial charge in [0.1, 0.15) is 6.61 Å². The summed E-state index contributed by atoms with van der Waals surface area (Å²) in [4.78, 5) is 25.2. The van der Waals surface area contributed by atoms with E-state index in [9.17, 15) is 9.59 Å². The van der Waals surface area contributed by atoms with Crippen molar-refractivity contribution < 1.29 is 23.8 Å². The quantitative estimate of drug-likeness (QED) is 0.0265. The number of carbonyl (C=O) groups is 2. The minimum atomic E-state index is -0.574. The van der Waals surface area contributed by atoms with Crippen molar-refractivity contribution in [3.05, 3.63) is 72.9 Å². The number of allylic oxidation sites excluding steroid dienone is 12. The van der Waals surface area contributed by atoms with Gasteiger partial charge in [-0.25, -0.2) is 0 Å². The Morgan fingerprint density at radius 3 is 1.61 bits per heavy atom. The third kappa shape index (κ3) is 37.6. The fourth-order valence-electron chi connectivity index (χ4n) is 6.28. The minimum absolute atomic E-state index is 0.0539. The molecule has 5 nitrogen and oxygen atoms in total. The van der Waals surface area contributed by atoms with E-state index in [2.05, 4.69) is 80.7 Å². The van der Waals surface area contributed by atoms with E-state index in [0.29, 0.717) is 25.9 Å². The number of esters is 2. The van der Waals surface area contributed by atoms with Gasteiger partial charge in [0.15, 0.2) is 6.10 Å². The molecule has 0 aromatic heterocycles. The van der Waals surface area contributed by atoms with E-state index in [-0.39, 0.29) is 25.2 Å². The zero-order valence-corrected chi connectivity index (χ0v) is 37.5. The van der Waals surface area contributed by atoms with Gasteiger partial charge in [0.2, 0.25) is 0 Å². The molecule has 7 heteroatoms. The monoisotopic (exact) mass is 815 g/mol. The van der Waals surface area contributed by atoms with Crippen LogP contribution in [0.5, 0.6) is 0 Å². The summed E-state index contributed by atoms with van der Waals surface area (Å²) in [5, 5.41) is 0.726. The van der Waals surface area contributed by atoms with Gasteiger partial charge in [0, 0.05) is 30.5 Å². The predicted molar refractivity (Wildman–Crippen MR) is 246 cm³/mol. The summed E-state index contributed by atoms with van der Waals surface area (Å²) >= 11 is 0. The van der Waals surface area contributed by atoms with Gasteiger partial charge in [-0.05, 0) is 70.6 Å². The number of unbranched alkanes of at least 4 members (excludes halogenated alkanes) is 14. The molecule has 56 heavy (non-hydrogen) atoms. The molecule has 0 aromatic carbocycles. The molecule has 0 amide bonds. The number of hydrogen-bond acceptors (Lipinski definition) is 7. The summed E-state index contributed by atoms with van der Waals surface area (Å²) in [5.74, 6) is 0.738. The minimum Gasteiger partial charge on any atom is -0.462 e. The van der Waals surface area contributed by atoms with E-state index in [1.807, 2.05) is 27.7 Å². The third-order valence-electron chi connectivity index (χ3n) is 9.67. The van der Waals surface area contributed by atoms with E-state index >= 15 is 0 Å². The SMILES string of the molecule is CC/C=C\C/C=C\C/C=C\C/C=C\C/C=C\C/C=C\CCC(=O)O[C@H](COCCCCCCCCCCCCCCCC)COC(=O)CCCC[C@@H]1CCSS1. The van der Waals surface area contributed by atoms with Crippen LogP contribution in [0.3, 0.4) is 0 Å². The molecule has 1 aliphatic heterocycles. The summed E-state index contributed by atoms with van der Waals surface area (Å²) < 4.78 is 17.2. The lowest BCUT2D eigenvalue weighted by molar-refractivity contribution is -0.162. The van der Waals surface area contributed by atoms with Crippen LogP contribution in [0, 0.1) is 0 Å². The van der Waals surface area contributed by atoms with E-state index in [1.165, 1.54) is 89.2 Å². The Hall–Kier alpha value is -1.96. The molecule has 320 valence electrons. The highest BCUT2D eigenvalue weighted by molar-refractivity contribution is 8.77. The molecular weight excluding hydrogens is 733 g/mol. The standard InChI is InChI=1S/C49H82O5S2/c1-3-5-7-9-11-13-15-17-19-20-21-22-23-24-26-28-30-32-34-40-49(51)54-46(45-53-48(50)39-36-35-38-47-41-43-55-56-47)44-52-42-37-33-31-29-27-25-18-16-14-12-10-8-6-4-2/h5,7,11,13,17,19,21-22,24,26,30,32,46-47H,3-4,6,8-10,12,14-16,18,20,23,25,27-29,31,33-45H2,1-2H3/b7-5-,13-11-,19-17-,22-21-,26-24-,32-30-/t46-,47-/m1/s1. The first-order valence-electron chi connectivity index (χ1n) is 22.8. The third-order valence-corrected chi connectivity index (χ3v) is 12.7. The summed E-state index contributed by atoms with van der Waals surface area (Å²) in [6.07, 6.45) is 55.5. The van der Waals surface area contributed by atoms with E-state index in [1.54, 1.807) is 0 Å². The van der Waals surface area contributed by atoms with Gasteiger partial charge < -0.3 is 14.2 Å². The molecule has 0 radical (unpaired) electrons. The van der Waals surface area contributed by atoms with Gasteiger partial charge in [-0.3, -0.25) is 9.59 Å². The first-order chi connectivity index (χ1) is 27.7. The maximum Gasteiger partial charge on any atom is 0.306 e. The van der Waals surface area contributed by atoms with Gasteiger partial charge >= 0.3 is 11.9 Å². The van der Waals surface area contributed by atoms with E-state index < -0.39 is 6.10 Å². The number of rotatable bonds is 39. The van der Waals surface area contributed by atoms with Gasteiger partial charge in [-0.15, -0.1) is 0 Å². The van der Waals surface area contributed by atoms with Crippen LogP contribution in [-0.2, 0) is 23.8 Å². The van der Waals surface area contributed by atoms with Crippen molar-refractivity contribution in [2.75, 3.05) is 25.6 Å². The van der Waals surface area contributed by atoms with Crippen molar-refractivity contribution in [1.82, 2.24) is 0 Å². The Morgan fingerprint density at radius 1 is 0.571 bits per heavy atom. The van der Waals surface area contributed by atoms with E-state index in [0.717, 1.165) is 75.9 Å². The second-order valence-electron chi connectivity index (χ2n) is 15.0. The summed E-state index contributed by atoms with van der Waals surface area (Å²) in [6.45, 7) is 5.38. The highest BCUT2D eigenvalue weighted by Gasteiger charge is 2.18. The maximum absolute atomic E-state index is 12.7. The highest BCUT2D eigenvalue weighted by atomic mass is 33.1. The van der Waals surface area contributed by atoms with Crippen LogP contribution in [0.15, 0.2) is 72.9 Å². The topological polar surface area (TPSA) is 61.8 Å². The summed E-state index contributed by atoms with van der Waals surface area (Å²) in [5.41, 5.74) is 0. The molecule has 1 fully saturated rings. The smallest absolute Gasteiger partial charge is 0.306 e. The number of ether oxygens (including phenoxy) is 3. The molecule has 0 aromatic rings. The fourth-order valence-corrected chi connectivity index (χ4v) is 9.31. The maximum atomic E-state index is 12.7. The molecule has 0 aliphatic carbocycles. The lowest BCUT2D eigenvalue weighted by Gasteiger charge is -2.18. The Bertz CT molecular complexity index is 1070. The highest BCUT2D eigenvalue weighted by Crippen LogP contribution is 2.39. The zero-order valence-electron chi connectivity index (χ0n) is 35.9. The van der Waals surface area contributed by atoms with Crippen LogP contribution < -0.4 is 0 Å². The van der Waals surface area contributed by atoms with Crippen LogP contribution >= 0.6 is 21.6 Å². The number of hydrogen-bond donors (Lipinski definition) is 0. The zero-order chi connectivity index (χ0) is 40.3. The Morgan fingerprint density at radius 2 is 1.09 bits per heavy atom. The Kier molecular flexibility index (Phi) is 39.6. The van der Waals surface area contributed by atoms with Crippen molar-refractivity contribution in [3.8, 4) is 0 Å². The average Bonchev–Trinajstić information content (AvgIpc) is 3.73. The second kappa shape index (κ2) is 42.6. The normalized spacial score (nSPS) is 15.6. The number of carbonyl (C=O) groups excluding carboxylic acids is 2.